The molecule has 5 heteroatoms. The highest BCUT2D eigenvalue weighted by atomic mass is 16.5. The summed E-state index contributed by atoms with van der Waals surface area (Å²) in [5.41, 5.74) is 1.18. The van der Waals surface area contributed by atoms with E-state index in [1.54, 1.807) is 31.5 Å². The number of amides is 2. The molecule has 18 heavy (non-hydrogen) atoms. The molecule has 0 aromatic carbocycles. The number of carbonyl (C=O) groups is 1. The third kappa shape index (κ3) is 5.63. The number of rotatable bonds is 7. The van der Waals surface area contributed by atoms with E-state index in [2.05, 4.69) is 10.3 Å². The van der Waals surface area contributed by atoms with Crippen LogP contribution in [-0.4, -0.2) is 49.8 Å². The molecule has 0 bridgehead atoms. The zero-order chi connectivity index (χ0) is 13.2. The van der Waals surface area contributed by atoms with Crippen molar-refractivity contribution < 1.29 is 9.53 Å². The molecule has 0 saturated heterocycles. The Labute approximate surface area is 108 Å². The fourth-order valence-electron chi connectivity index (χ4n) is 1.49. The molecule has 1 rings (SSSR count). The molecule has 1 heterocycles. The van der Waals surface area contributed by atoms with Crippen LogP contribution in [0.5, 0.6) is 0 Å². The van der Waals surface area contributed by atoms with E-state index in [-0.39, 0.29) is 6.03 Å². The van der Waals surface area contributed by atoms with Crippen LogP contribution in [0.1, 0.15) is 12.0 Å². The Hall–Kier alpha value is -1.62. The summed E-state index contributed by atoms with van der Waals surface area (Å²) in [6.45, 7) is 2.01. The summed E-state index contributed by atoms with van der Waals surface area (Å²) < 4.78 is 4.92. The maximum absolute atomic E-state index is 11.7. The summed E-state index contributed by atoms with van der Waals surface area (Å²) >= 11 is 0. The summed E-state index contributed by atoms with van der Waals surface area (Å²) in [4.78, 5) is 17.3. The second kappa shape index (κ2) is 8.47. The number of hydrogen-bond acceptors (Lipinski definition) is 3. The molecule has 100 valence electrons. The van der Waals surface area contributed by atoms with Crippen LogP contribution in [0.3, 0.4) is 0 Å². The first-order chi connectivity index (χ1) is 8.74. The average molecular weight is 251 g/mol. The van der Waals surface area contributed by atoms with Gasteiger partial charge in [-0.25, -0.2) is 4.79 Å². The van der Waals surface area contributed by atoms with Crippen molar-refractivity contribution in [2.45, 2.75) is 12.8 Å². The van der Waals surface area contributed by atoms with Gasteiger partial charge in [-0.3, -0.25) is 4.98 Å². The van der Waals surface area contributed by atoms with E-state index >= 15 is 0 Å². The van der Waals surface area contributed by atoms with Gasteiger partial charge in [0.25, 0.3) is 0 Å². The first-order valence-corrected chi connectivity index (χ1v) is 6.11. The summed E-state index contributed by atoms with van der Waals surface area (Å²) in [5.74, 6) is 0. The second-order valence-electron chi connectivity index (χ2n) is 4.11. The molecule has 0 spiro atoms. The maximum atomic E-state index is 11.7. The van der Waals surface area contributed by atoms with Crippen molar-refractivity contribution in [3.8, 4) is 0 Å². The lowest BCUT2D eigenvalue weighted by Crippen LogP contribution is -2.39. The molecule has 1 N–H and O–H groups in total. The number of nitrogens with one attached hydrogen (secondary N) is 1. The Morgan fingerprint density at radius 1 is 1.44 bits per heavy atom. The van der Waals surface area contributed by atoms with Crippen molar-refractivity contribution in [1.82, 2.24) is 15.2 Å². The predicted molar refractivity (Wildman–Crippen MR) is 70.5 cm³/mol. The molecular weight excluding hydrogens is 230 g/mol. The Kier molecular flexibility index (Phi) is 6.79. The van der Waals surface area contributed by atoms with Crippen LogP contribution >= 0.6 is 0 Å². The Bertz CT molecular complexity index is 343. The summed E-state index contributed by atoms with van der Waals surface area (Å²) in [7, 11) is 3.45. The molecule has 0 radical (unpaired) electrons. The van der Waals surface area contributed by atoms with Gasteiger partial charge in [-0.1, -0.05) is 0 Å². The molecule has 0 saturated carbocycles. The van der Waals surface area contributed by atoms with Crippen LogP contribution in [0.2, 0.25) is 0 Å². The lowest BCUT2D eigenvalue weighted by atomic mass is 10.2. The largest absolute Gasteiger partial charge is 0.385 e. The molecular formula is C13H21N3O2. The van der Waals surface area contributed by atoms with Crippen molar-refractivity contribution in [2.75, 3.05) is 33.9 Å². The number of pyridine rings is 1. The van der Waals surface area contributed by atoms with E-state index in [1.165, 1.54) is 5.56 Å². The lowest BCUT2D eigenvalue weighted by Gasteiger charge is -2.17. The van der Waals surface area contributed by atoms with Crippen molar-refractivity contribution in [1.29, 1.82) is 0 Å². The van der Waals surface area contributed by atoms with E-state index in [0.29, 0.717) is 19.7 Å². The fraction of sp³-hybridized carbons (Fsp3) is 0.538. The third-order valence-electron chi connectivity index (χ3n) is 2.63. The van der Waals surface area contributed by atoms with Gasteiger partial charge < -0.3 is 15.0 Å². The van der Waals surface area contributed by atoms with Gasteiger partial charge >= 0.3 is 6.03 Å². The molecule has 0 fully saturated rings. The van der Waals surface area contributed by atoms with Gasteiger partial charge in [0, 0.05) is 46.2 Å². The quantitative estimate of drug-likeness (QED) is 0.743. The molecule has 0 atom stereocenters. The van der Waals surface area contributed by atoms with Crippen LogP contribution < -0.4 is 5.32 Å². The highest BCUT2D eigenvalue weighted by Crippen LogP contribution is 1.99. The zero-order valence-electron chi connectivity index (χ0n) is 11.1. The van der Waals surface area contributed by atoms with Gasteiger partial charge in [-0.15, -0.1) is 0 Å². The van der Waals surface area contributed by atoms with Gasteiger partial charge in [0.2, 0.25) is 0 Å². The molecule has 0 aliphatic heterocycles. The van der Waals surface area contributed by atoms with Gasteiger partial charge in [0.1, 0.15) is 0 Å². The Balaban J connectivity index is 2.19. The molecule has 0 unspecified atom stereocenters. The lowest BCUT2D eigenvalue weighted by molar-refractivity contribution is 0.189. The number of hydrogen-bond donors (Lipinski definition) is 1. The number of nitrogens with zero attached hydrogens (tertiary/aromatic N) is 2. The van der Waals surface area contributed by atoms with E-state index < -0.39 is 0 Å². The topological polar surface area (TPSA) is 54.5 Å². The highest BCUT2D eigenvalue weighted by molar-refractivity contribution is 5.73. The minimum absolute atomic E-state index is 0.0415. The molecule has 2 amide bonds. The number of aromatic nitrogens is 1. The summed E-state index contributed by atoms with van der Waals surface area (Å²) in [6.07, 6.45) is 5.20. The number of urea groups is 1. The van der Waals surface area contributed by atoms with E-state index in [1.807, 2.05) is 12.1 Å². The smallest absolute Gasteiger partial charge is 0.317 e. The van der Waals surface area contributed by atoms with Crippen LogP contribution in [-0.2, 0) is 11.2 Å². The van der Waals surface area contributed by atoms with Gasteiger partial charge in [-0.05, 0) is 30.5 Å². The Morgan fingerprint density at radius 3 is 2.83 bits per heavy atom. The minimum Gasteiger partial charge on any atom is -0.385 e. The van der Waals surface area contributed by atoms with Crippen LogP contribution in [0.25, 0.3) is 0 Å². The molecule has 1 aromatic rings. The van der Waals surface area contributed by atoms with Crippen LogP contribution in [0.15, 0.2) is 24.5 Å². The monoisotopic (exact) mass is 251 g/mol. The van der Waals surface area contributed by atoms with E-state index in [0.717, 1.165) is 12.8 Å². The average Bonchev–Trinajstić information content (AvgIpc) is 2.42. The second-order valence-corrected chi connectivity index (χ2v) is 4.11. The van der Waals surface area contributed by atoms with Gasteiger partial charge in [-0.2, -0.15) is 0 Å². The number of likely N-dealkylation sites (N-methyl/N-ethyl adjacent to an activating group) is 1. The molecule has 0 aliphatic carbocycles. The van der Waals surface area contributed by atoms with Crippen molar-refractivity contribution in [3.05, 3.63) is 30.1 Å². The van der Waals surface area contributed by atoms with E-state index in [9.17, 15) is 4.79 Å². The predicted octanol–water partition coefficient (Wildman–Crippen LogP) is 1.30. The molecule has 0 aliphatic rings. The fourth-order valence-corrected chi connectivity index (χ4v) is 1.49. The van der Waals surface area contributed by atoms with Crippen LogP contribution in [0.4, 0.5) is 4.79 Å². The number of ether oxygens (including phenoxy) is 1. The third-order valence-corrected chi connectivity index (χ3v) is 2.63. The summed E-state index contributed by atoms with van der Waals surface area (Å²) in [6, 6.07) is 3.88. The van der Waals surface area contributed by atoms with Crippen LogP contribution in [0, 0.1) is 0 Å². The number of carbonyl (C=O) groups excluding carboxylic acids is 1. The minimum atomic E-state index is -0.0415. The standard InChI is InChI=1S/C13H21N3O2/c1-16(13(17)15-7-3-11-18-2)10-6-12-4-8-14-9-5-12/h4-5,8-9H,3,6-7,10-11H2,1-2H3,(H,15,17). The SMILES string of the molecule is COCCCNC(=O)N(C)CCc1ccncc1. The van der Waals surface area contributed by atoms with Gasteiger partial charge in [0.15, 0.2) is 0 Å². The van der Waals surface area contributed by atoms with Crippen molar-refractivity contribution in [2.24, 2.45) is 0 Å². The normalized spacial score (nSPS) is 10.1. The molecule has 5 nitrogen and oxygen atoms in total. The number of methoxy groups -OCH3 is 1. The zero-order valence-corrected chi connectivity index (χ0v) is 11.1. The summed E-state index contributed by atoms with van der Waals surface area (Å²) in [5, 5.41) is 2.85. The van der Waals surface area contributed by atoms with Gasteiger partial charge in [0.05, 0.1) is 0 Å². The maximum Gasteiger partial charge on any atom is 0.317 e. The van der Waals surface area contributed by atoms with Crippen molar-refractivity contribution in [3.63, 3.8) is 0 Å². The Morgan fingerprint density at radius 2 is 2.17 bits per heavy atom. The highest BCUT2D eigenvalue weighted by Gasteiger charge is 2.07. The van der Waals surface area contributed by atoms with Crippen molar-refractivity contribution >= 4 is 6.03 Å². The van der Waals surface area contributed by atoms with E-state index in [4.69, 9.17) is 4.74 Å². The first kappa shape index (κ1) is 14.4. The first-order valence-electron chi connectivity index (χ1n) is 6.11. The molecule has 1 aromatic heterocycles.